The van der Waals surface area contributed by atoms with Gasteiger partial charge >= 0.3 is 0 Å². The molecule has 1 aromatic heterocycles. The number of H-pyrrole nitrogens is 1. The highest BCUT2D eigenvalue weighted by Crippen LogP contribution is 2.31. The van der Waals surface area contributed by atoms with Gasteiger partial charge in [0.1, 0.15) is 18.2 Å². The number of benzene rings is 2. The molecule has 0 aliphatic heterocycles. The minimum absolute atomic E-state index is 0.0675. The molecule has 0 saturated heterocycles. The van der Waals surface area contributed by atoms with Gasteiger partial charge in [-0.15, -0.1) is 0 Å². The highest BCUT2D eigenvalue weighted by molar-refractivity contribution is 7.71. The first-order valence-electron chi connectivity index (χ1n) is 7.81. The number of methoxy groups -OCH3 is 1. The molecule has 2 aromatic carbocycles. The molecule has 0 aliphatic carbocycles. The van der Waals surface area contributed by atoms with Gasteiger partial charge < -0.3 is 9.47 Å². The van der Waals surface area contributed by atoms with Gasteiger partial charge in [-0.1, -0.05) is 24.3 Å². The number of para-hydroxylation sites is 1. The van der Waals surface area contributed by atoms with Crippen LogP contribution in [0.25, 0.3) is 0 Å². The number of hydrogen-bond donors (Lipinski definition) is 1. The summed E-state index contributed by atoms with van der Waals surface area (Å²) >= 11 is 5.13. The van der Waals surface area contributed by atoms with Crippen LogP contribution in [0.1, 0.15) is 17.0 Å². The van der Waals surface area contributed by atoms with Gasteiger partial charge in [0, 0.05) is 11.1 Å². The van der Waals surface area contributed by atoms with Gasteiger partial charge in [0.25, 0.3) is 0 Å². The number of aryl methyl sites for hydroxylation is 1. The zero-order chi connectivity index (χ0) is 18.5. The molecule has 6 nitrogen and oxygen atoms in total. The van der Waals surface area contributed by atoms with Crippen LogP contribution in [0.2, 0.25) is 0 Å². The van der Waals surface area contributed by atoms with E-state index in [9.17, 15) is 4.39 Å². The van der Waals surface area contributed by atoms with E-state index in [1.165, 1.54) is 10.7 Å². The zero-order valence-corrected chi connectivity index (χ0v) is 15.1. The van der Waals surface area contributed by atoms with E-state index in [1.54, 1.807) is 44.5 Å². The number of nitrogens with zero attached hydrogens (tertiary/aromatic N) is 3. The van der Waals surface area contributed by atoms with Crippen LogP contribution >= 0.6 is 12.2 Å². The summed E-state index contributed by atoms with van der Waals surface area (Å²) < 4.78 is 26.9. The molecule has 0 spiro atoms. The van der Waals surface area contributed by atoms with Gasteiger partial charge in [-0.05, 0) is 37.3 Å². The van der Waals surface area contributed by atoms with Crippen molar-refractivity contribution < 1.29 is 13.9 Å². The molecule has 1 heterocycles. The van der Waals surface area contributed by atoms with Gasteiger partial charge in [-0.25, -0.2) is 4.39 Å². The van der Waals surface area contributed by atoms with Crippen molar-refractivity contribution in [3.63, 3.8) is 0 Å². The van der Waals surface area contributed by atoms with Crippen LogP contribution in [0.5, 0.6) is 11.5 Å². The Labute approximate surface area is 154 Å². The van der Waals surface area contributed by atoms with Crippen molar-refractivity contribution in [2.45, 2.75) is 13.5 Å². The van der Waals surface area contributed by atoms with Gasteiger partial charge in [-0.3, -0.25) is 5.10 Å². The molecule has 1 N–H and O–H groups in total. The fourth-order valence-electron chi connectivity index (χ4n) is 2.34. The lowest BCUT2D eigenvalue weighted by atomic mass is 10.2. The van der Waals surface area contributed by atoms with Gasteiger partial charge in [0.05, 0.1) is 13.3 Å². The third kappa shape index (κ3) is 3.80. The molecule has 0 radical (unpaired) electrons. The lowest BCUT2D eigenvalue weighted by molar-refractivity contribution is 0.279. The van der Waals surface area contributed by atoms with Crippen molar-refractivity contribution in [1.29, 1.82) is 0 Å². The number of halogens is 1. The minimum atomic E-state index is -0.321. The molecular formula is C18H17FN4O2S. The largest absolute Gasteiger partial charge is 0.493 e. The predicted molar refractivity (Wildman–Crippen MR) is 98.9 cm³/mol. The Morgan fingerprint density at radius 1 is 1.27 bits per heavy atom. The van der Waals surface area contributed by atoms with Crippen LogP contribution < -0.4 is 9.47 Å². The van der Waals surface area contributed by atoms with E-state index in [2.05, 4.69) is 15.3 Å². The Morgan fingerprint density at radius 2 is 2.08 bits per heavy atom. The Bertz CT molecular complexity index is 997. The number of rotatable bonds is 6. The minimum Gasteiger partial charge on any atom is -0.493 e. The summed E-state index contributed by atoms with van der Waals surface area (Å²) in [6.07, 6.45) is 1.59. The van der Waals surface area contributed by atoms with Gasteiger partial charge in [-0.2, -0.15) is 14.9 Å². The number of ether oxygens (including phenoxy) is 2. The van der Waals surface area contributed by atoms with Crippen molar-refractivity contribution >= 4 is 18.4 Å². The molecule has 0 bridgehead atoms. The van der Waals surface area contributed by atoms with E-state index in [0.29, 0.717) is 33.2 Å². The summed E-state index contributed by atoms with van der Waals surface area (Å²) in [6, 6.07) is 11.9. The normalized spacial score (nSPS) is 11.0. The topological polar surface area (TPSA) is 64.4 Å². The van der Waals surface area contributed by atoms with Crippen LogP contribution in [-0.4, -0.2) is 28.2 Å². The average molecular weight is 372 g/mol. The van der Waals surface area contributed by atoms with Crippen molar-refractivity contribution in [3.8, 4) is 11.5 Å². The highest BCUT2D eigenvalue weighted by atomic mass is 32.1. The van der Waals surface area contributed by atoms with E-state index in [4.69, 9.17) is 21.7 Å². The Morgan fingerprint density at radius 3 is 2.77 bits per heavy atom. The summed E-state index contributed by atoms with van der Waals surface area (Å²) in [6.45, 7) is 1.85. The summed E-state index contributed by atoms with van der Waals surface area (Å²) in [4.78, 5) is 0. The smallest absolute Gasteiger partial charge is 0.216 e. The van der Waals surface area contributed by atoms with E-state index in [1.807, 2.05) is 12.1 Å². The summed E-state index contributed by atoms with van der Waals surface area (Å²) in [5.74, 6) is 1.30. The Balaban J connectivity index is 1.91. The fraction of sp³-hybridized carbons (Fsp3) is 0.167. The van der Waals surface area contributed by atoms with Crippen molar-refractivity contribution in [3.05, 3.63) is 70.0 Å². The van der Waals surface area contributed by atoms with Crippen molar-refractivity contribution in [1.82, 2.24) is 14.9 Å². The van der Waals surface area contributed by atoms with Crippen LogP contribution in [0, 0.1) is 17.5 Å². The quantitative estimate of drug-likeness (QED) is 0.527. The average Bonchev–Trinajstić information content (AvgIpc) is 2.97. The second-order valence-electron chi connectivity index (χ2n) is 5.39. The standard InChI is InChI=1S/C18H17FN4O2S/c1-12-21-22-18(26)23(12)20-10-13-7-5-9-16(24-2)17(13)25-11-14-6-3-4-8-15(14)19/h3-10H,11H2,1-2H3,(H,22,26)/b20-10+. The molecule has 26 heavy (non-hydrogen) atoms. The third-order valence-electron chi connectivity index (χ3n) is 3.68. The molecule has 0 amide bonds. The first-order valence-corrected chi connectivity index (χ1v) is 8.22. The summed E-state index contributed by atoms with van der Waals surface area (Å²) in [5, 5.41) is 11.0. The maximum atomic E-state index is 13.8. The monoisotopic (exact) mass is 372 g/mol. The SMILES string of the molecule is COc1cccc(/C=N/n2c(C)n[nH]c2=S)c1OCc1ccccc1F. The summed E-state index contributed by atoms with van der Waals surface area (Å²) in [7, 11) is 1.54. The Hall–Kier alpha value is -3.00. The van der Waals surface area contributed by atoms with Crippen LogP contribution in [0.4, 0.5) is 4.39 Å². The first kappa shape index (κ1) is 17.8. The second-order valence-corrected chi connectivity index (χ2v) is 5.78. The molecule has 0 saturated carbocycles. The van der Waals surface area contributed by atoms with Crippen LogP contribution in [0.3, 0.4) is 0 Å². The molecule has 0 aliphatic rings. The molecule has 0 fully saturated rings. The van der Waals surface area contributed by atoms with E-state index >= 15 is 0 Å². The van der Waals surface area contributed by atoms with Crippen LogP contribution in [0.15, 0.2) is 47.6 Å². The highest BCUT2D eigenvalue weighted by Gasteiger charge is 2.11. The first-order chi connectivity index (χ1) is 12.6. The van der Waals surface area contributed by atoms with E-state index < -0.39 is 0 Å². The lowest BCUT2D eigenvalue weighted by Gasteiger charge is -2.13. The van der Waals surface area contributed by atoms with Gasteiger partial charge in [0.2, 0.25) is 4.77 Å². The molecule has 8 heteroatoms. The lowest BCUT2D eigenvalue weighted by Crippen LogP contribution is -2.03. The zero-order valence-electron chi connectivity index (χ0n) is 14.3. The van der Waals surface area contributed by atoms with Crippen molar-refractivity contribution in [2.75, 3.05) is 7.11 Å². The molecule has 134 valence electrons. The fourth-order valence-corrected chi connectivity index (χ4v) is 2.57. The van der Waals surface area contributed by atoms with Gasteiger partial charge in [0.15, 0.2) is 11.5 Å². The number of nitrogens with one attached hydrogen (secondary N) is 1. The number of aromatic nitrogens is 3. The maximum Gasteiger partial charge on any atom is 0.216 e. The van der Waals surface area contributed by atoms with Crippen molar-refractivity contribution in [2.24, 2.45) is 5.10 Å². The van der Waals surface area contributed by atoms with Crippen LogP contribution in [-0.2, 0) is 6.61 Å². The third-order valence-corrected chi connectivity index (χ3v) is 3.95. The Kier molecular flexibility index (Phi) is 5.43. The second kappa shape index (κ2) is 7.92. The predicted octanol–water partition coefficient (Wildman–Crippen LogP) is 3.86. The summed E-state index contributed by atoms with van der Waals surface area (Å²) in [5.41, 5.74) is 1.12. The molecule has 3 aromatic rings. The number of aromatic amines is 1. The molecule has 0 unspecified atom stereocenters. The number of hydrogen-bond acceptors (Lipinski definition) is 5. The maximum absolute atomic E-state index is 13.8. The molecule has 3 rings (SSSR count). The van der Waals surface area contributed by atoms with E-state index in [0.717, 1.165) is 0 Å². The van der Waals surface area contributed by atoms with E-state index in [-0.39, 0.29) is 12.4 Å². The molecule has 0 atom stereocenters. The molecular weight excluding hydrogens is 355 g/mol.